The summed E-state index contributed by atoms with van der Waals surface area (Å²) in [5.74, 6) is 0. The van der Waals surface area contributed by atoms with Crippen LogP contribution in [0.15, 0.2) is 35.3 Å². The first-order valence-electron chi connectivity index (χ1n) is 6.70. The van der Waals surface area contributed by atoms with Crippen molar-refractivity contribution in [1.29, 1.82) is 0 Å². The Morgan fingerprint density at radius 3 is 2.50 bits per heavy atom. The summed E-state index contributed by atoms with van der Waals surface area (Å²) < 4.78 is 0. The molecule has 1 heterocycles. The van der Waals surface area contributed by atoms with E-state index in [1.54, 1.807) is 0 Å². The fourth-order valence-corrected chi connectivity index (χ4v) is 2.30. The third kappa shape index (κ3) is 4.15. The van der Waals surface area contributed by atoms with E-state index in [1.165, 1.54) is 18.4 Å². The molecule has 1 fully saturated rings. The summed E-state index contributed by atoms with van der Waals surface area (Å²) in [6.45, 7) is 3.39. The van der Waals surface area contributed by atoms with E-state index in [0.717, 1.165) is 19.6 Å². The summed E-state index contributed by atoms with van der Waals surface area (Å²) in [6, 6.07) is 11.2. The molecule has 0 radical (unpaired) electrons. The lowest BCUT2D eigenvalue weighted by atomic mass is 10.0. The molecule has 0 spiro atoms. The van der Waals surface area contributed by atoms with Crippen LogP contribution in [0.25, 0.3) is 0 Å². The zero-order valence-electron chi connectivity index (χ0n) is 11.4. The maximum Gasteiger partial charge on any atom is 0.0848 e. The summed E-state index contributed by atoms with van der Waals surface area (Å²) in [6.07, 6.45) is 4.30. The summed E-state index contributed by atoms with van der Waals surface area (Å²) in [7, 11) is 4.04. The van der Waals surface area contributed by atoms with Gasteiger partial charge in [0.05, 0.1) is 12.4 Å². The van der Waals surface area contributed by atoms with Crippen molar-refractivity contribution < 1.29 is 0 Å². The molecular weight excluding hydrogens is 222 g/mol. The molecule has 18 heavy (non-hydrogen) atoms. The van der Waals surface area contributed by atoms with E-state index >= 15 is 0 Å². The molecule has 0 bridgehead atoms. The predicted molar refractivity (Wildman–Crippen MR) is 76.9 cm³/mol. The molecule has 0 aromatic heterocycles. The Kier molecular flexibility index (Phi) is 4.76. The molecule has 2 rings (SSSR count). The fraction of sp³-hybridized carbons (Fsp3) is 0.533. The Balaban J connectivity index is 1.77. The van der Waals surface area contributed by atoms with Crippen LogP contribution >= 0.6 is 0 Å². The Labute approximate surface area is 110 Å². The monoisotopic (exact) mass is 245 g/mol. The van der Waals surface area contributed by atoms with Crippen LogP contribution in [0.5, 0.6) is 0 Å². The van der Waals surface area contributed by atoms with E-state index in [-0.39, 0.29) is 0 Å². The minimum atomic E-state index is 0.513. The SMILES string of the molecule is CN(C)C=NC1CCN(Cc2ccccc2)CC1. The van der Waals surface area contributed by atoms with Crippen LogP contribution in [0, 0.1) is 0 Å². The highest BCUT2D eigenvalue weighted by Gasteiger charge is 2.17. The highest BCUT2D eigenvalue weighted by Crippen LogP contribution is 2.15. The summed E-state index contributed by atoms with van der Waals surface area (Å²) in [5, 5.41) is 0. The molecule has 1 aromatic carbocycles. The second-order valence-electron chi connectivity index (χ2n) is 5.22. The Bertz CT molecular complexity index is 365. The number of likely N-dealkylation sites (tertiary alicyclic amines) is 1. The molecule has 98 valence electrons. The standard InChI is InChI=1S/C15H23N3/c1-17(2)13-16-15-8-10-18(11-9-15)12-14-6-4-3-5-7-14/h3-7,13,15H,8-12H2,1-2H3. The molecule has 1 aliphatic heterocycles. The molecule has 3 nitrogen and oxygen atoms in total. The van der Waals surface area contributed by atoms with Crippen LogP contribution in [0.4, 0.5) is 0 Å². The maximum atomic E-state index is 4.60. The third-order valence-electron chi connectivity index (χ3n) is 3.31. The van der Waals surface area contributed by atoms with Crippen LogP contribution in [0.3, 0.4) is 0 Å². The van der Waals surface area contributed by atoms with Crippen molar-refractivity contribution in [2.45, 2.75) is 25.4 Å². The van der Waals surface area contributed by atoms with Gasteiger partial charge in [-0.15, -0.1) is 0 Å². The number of hydrogen-bond acceptors (Lipinski definition) is 2. The molecule has 1 aliphatic rings. The number of aliphatic imine (C=N–C) groups is 1. The van der Waals surface area contributed by atoms with Gasteiger partial charge in [-0.05, 0) is 18.4 Å². The van der Waals surface area contributed by atoms with Gasteiger partial charge in [-0.3, -0.25) is 9.89 Å². The molecule has 1 aromatic rings. The Morgan fingerprint density at radius 2 is 1.89 bits per heavy atom. The topological polar surface area (TPSA) is 18.8 Å². The smallest absolute Gasteiger partial charge is 0.0848 e. The minimum Gasteiger partial charge on any atom is -0.369 e. The van der Waals surface area contributed by atoms with E-state index in [4.69, 9.17) is 0 Å². The van der Waals surface area contributed by atoms with E-state index in [1.807, 2.05) is 25.3 Å². The first-order chi connectivity index (χ1) is 8.74. The molecule has 0 atom stereocenters. The summed E-state index contributed by atoms with van der Waals surface area (Å²) in [4.78, 5) is 9.13. The number of rotatable bonds is 4. The van der Waals surface area contributed by atoms with Gasteiger partial charge >= 0.3 is 0 Å². The maximum absolute atomic E-state index is 4.60. The first-order valence-corrected chi connectivity index (χ1v) is 6.70. The largest absolute Gasteiger partial charge is 0.369 e. The summed E-state index contributed by atoms with van der Waals surface area (Å²) in [5.41, 5.74) is 1.41. The van der Waals surface area contributed by atoms with Crippen molar-refractivity contribution in [2.24, 2.45) is 4.99 Å². The van der Waals surface area contributed by atoms with E-state index in [0.29, 0.717) is 6.04 Å². The van der Waals surface area contributed by atoms with Gasteiger partial charge in [-0.2, -0.15) is 0 Å². The van der Waals surface area contributed by atoms with Gasteiger partial charge in [-0.1, -0.05) is 30.3 Å². The quantitative estimate of drug-likeness (QED) is 0.598. The van der Waals surface area contributed by atoms with Gasteiger partial charge in [0.15, 0.2) is 0 Å². The van der Waals surface area contributed by atoms with Crippen molar-refractivity contribution >= 4 is 6.34 Å². The number of benzene rings is 1. The average Bonchev–Trinajstić information content (AvgIpc) is 2.39. The van der Waals surface area contributed by atoms with Crippen molar-refractivity contribution in [1.82, 2.24) is 9.80 Å². The van der Waals surface area contributed by atoms with Crippen LogP contribution in [0.2, 0.25) is 0 Å². The normalized spacial score (nSPS) is 18.3. The Hall–Kier alpha value is -1.35. The first kappa shape index (κ1) is 13.1. The fourth-order valence-electron chi connectivity index (χ4n) is 2.30. The number of nitrogens with zero attached hydrogens (tertiary/aromatic N) is 3. The molecule has 0 amide bonds. The molecule has 0 saturated carbocycles. The van der Waals surface area contributed by atoms with E-state index in [9.17, 15) is 0 Å². The zero-order valence-corrected chi connectivity index (χ0v) is 11.4. The van der Waals surface area contributed by atoms with Crippen molar-refractivity contribution in [3.8, 4) is 0 Å². The van der Waals surface area contributed by atoms with Crippen LogP contribution in [-0.2, 0) is 6.54 Å². The van der Waals surface area contributed by atoms with Crippen molar-refractivity contribution in [3.05, 3.63) is 35.9 Å². The number of hydrogen-bond donors (Lipinski definition) is 0. The minimum absolute atomic E-state index is 0.513. The van der Waals surface area contributed by atoms with Crippen molar-refractivity contribution in [3.63, 3.8) is 0 Å². The third-order valence-corrected chi connectivity index (χ3v) is 3.31. The van der Waals surface area contributed by atoms with Gasteiger partial charge in [-0.25, -0.2) is 0 Å². The van der Waals surface area contributed by atoms with Gasteiger partial charge in [0.2, 0.25) is 0 Å². The Morgan fingerprint density at radius 1 is 1.22 bits per heavy atom. The molecule has 0 aliphatic carbocycles. The van der Waals surface area contributed by atoms with Crippen LogP contribution in [-0.4, -0.2) is 49.4 Å². The molecule has 0 unspecified atom stereocenters. The predicted octanol–water partition coefficient (Wildman–Crippen LogP) is 2.24. The van der Waals surface area contributed by atoms with E-state index in [2.05, 4.69) is 40.2 Å². The molecule has 3 heteroatoms. The van der Waals surface area contributed by atoms with Crippen LogP contribution < -0.4 is 0 Å². The highest BCUT2D eigenvalue weighted by molar-refractivity contribution is 5.54. The van der Waals surface area contributed by atoms with Crippen LogP contribution in [0.1, 0.15) is 18.4 Å². The lowest BCUT2D eigenvalue weighted by Crippen LogP contribution is -2.35. The molecule has 1 saturated heterocycles. The van der Waals surface area contributed by atoms with Gasteiger partial charge in [0, 0.05) is 33.7 Å². The lowest BCUT2D eigenvalue weighted by molar-refractivity contribution is 0.206. The molecule has 0 N–H and O–H groups in total. The highest BCUT2D eigenvalue weighted by atomic mass is 15.1. The zero-order chi connectivity index (χ0) is 12.8. The number of piperidine rings is 1. The lowest BCUT2D eigenvalue weighted by Gasteiger charge is -2.30. The van der Waals surface area contributed by atoms with E-state index < -0.39 is 0 Å². The van der Waals surface area contributed by atoms with Crippen molar-refractivity contribution in [2.75, 3.05) is 27.2 Å². The van der Waals surface area contributed by atoms with Gasteiger partial charge in [0.1, 0.15) is 0 Å². The van der Waals surface area contributed by atoms with Gasteiger partial charge in [0.25, 0.3) is 0 Å². The van der Waals surface area contributed by atoms with Gasteiger partial charge < -0.3 is 4.90 Å². The second kappa shape index (κ2) is 6.55. The molecular formula is C15H23N3. The summed E-state index contributed by atoms with van der Waals surface area (Å²) >= 11 is 0. The second-order valence-corrected chi connectivity index (χ2v) is 5.22. The average molecular weight is 245 g/mol.